The topological polar surface area (TPSA) is 138 Å². The fourth-order valence-electron chi connectivity index (χ4n) is 3.75. The lowest BCUT2D eigenvalue weighted by Crippen LogP contribution is -2.13. The van der Waals surface area contributed by atoms with E-state index in [-0.39, 0.29) is 27.7 Å². The number of amides is 1. The molecule has 0 bridgehead atoms. The number of hydrogen-bond donors (Lipinski definition) is 3. The van der Waals surface area contributed by atoms with Crippen molar-refractivity contribution in [2.75, 3.05) is 11.9 Å². The number of benzene rings is 4. The van der Waals surface area contributed by atoms with Crippen molar-refractivity contribution in [2.45, 2.75) is 18.7 Å². The summed E-state index contributed by atoms with van der Waals surface area (Å²) < 4.78 is 39.2. The van der Waals surface area contributed by atoms with Crippen LogP contribution in [0.15, 0.2) is 75.8 Å². The molecule has 196 valence electrons. The lowest BCUT2D eigenvalue weighted by atomic mass is 10.0. The van der Waals surface area contributed by atoms with Crippen molar-refractivity contribution in [1.82, 2.24) is 0 Å². The number of ether oxygens (including phenoxy) is 1. The third-order valence-electron chi connectivity index (χ3n) is 5.53. The molecule has 0 unspecified atom stereocenters. The smallest absolute Gasteiger partial charge is 0.298 e. The zero-order valence-electron chi connectivity index (χ0n) is 20.1. The number of aromatic hydroxyl groups is 1. The predicted octanol–water partition coefficient (Wildman–Crippen LogP) is 7.47. The van der Waals surface area contributed by atoms with Crippen LogP contribution in [0.4, 0.5) is 17.1 Å². The number of aryl methyl sites for hydroxylation is 1. The number of nitrogens with zero attached hydrogens (tertiary/aromatic N) is 2. The third kappa shape index (κ3) is 5.44. The third-order valence-corrected chi connectivity index (χ3v) is 7.35. The average molecular weight is 574 g/mol. The molecular weight excluding hydrogens is 553 g/mol. The second-order valence-corrected chi connectivity index (χ2v) is 10.2. The molecular formula is C26H21Cl2N3O6S. The van der Waals surface area contributed by atoms with Gasteiger partial charge in [0.1, 0.15) is 16.3 Å². The van der Waals surface area contributed by atoms with Crippen molar-refractivity contribution in [1.29, 1.82) is 0 Å². The highest BCUT2D eigenvalue weighted by atomic mass is 35.5. The first-order valence-corrected chi connectivity index (χ1v) is 13.4. The number of fused-ring (bicyclic) bond motifs is 1. The number of carbonyl (C=O) groups is 1. The minimum absolute atomic E-state index is 0.0950. The van der Waals surface area contributed by atoms with E-state index in [9.17, 15) is 22.9 Å². The maximum Gasteiger partial charge on any atom is 0.298 e. The normalized spacial score (nSPS) is 11.7. The van der Waals surface area contributed by atoms with E-state index in [1.165, 1.54) is 18.2 Å². The molecule has 0 saturated heterocycles. The van der Waals surface area contributed by atoms with Gasteiger partial charge in [0, 0.05) is 5.39 Å². The van der Waals surface area contributed by atoms with Crippen LogP contribution in [0.1, 0.15) is 22.8 Å². The number of para-hydroxylation sites is 1. The maximum absolute atomic E-state index is 13.3. The lowest BCUT2D eigenvalue weighted by molar-refractivity contribution is 0.102. The number of phenols is 1. The van der Waals surface area contributed by atoms with E-state index in [0.29, 0.717) is 33.7 Å². The van der Waals surface area contributed by atoms with Gasteiger partial charge in [-0.05, 0) is 49.1 Å². The molecule has 0 fully saturated rings. The van der Waals surface area contributed by atoms with E-state index in [4.69, 9.17) is 27.9 Å². The summed E-state index contributed by atoms with van der Waals surface area (Å²) in [4.78, 5) is 12.6. The molecule has 0 aliphatic carbocycles. The zero-order chi connectivity index (χ0) is 27.6. The zero-order valence-corrected chi connectivity index (χ0v) is 22.4. The predicted molar refractivity (Wildman–Crippen MR) is 146 cm³/mol. The van der Waals surface area contributed by atoms with Crippen LogP contribution in [-0.4, -0.2) is 30.6 Å². The quantitative estimate of drug-likeness (QED) is 0.155. The van der Waals surface area contributed by atoms with Gasteiger partial charge >= 0.3 is 0 Å². The number of hydrogen-bond acceptors (Lipinski definition) is 7. The first kappa shape index (κ1) is 27.3. The van der Waals surface area contributed by atoms with Crippen molar-refractivity contribution >= 4 is 67.1 Å². The van der Waals surface area contributed by atoms with Crippen LogP contribution in [0.5, 0.6) is 11.5 Å². The standard InChI is InChI=1S/C26H21Cl2N3O6S/c1-3-37-24-18(27)9-6-10-19(24)29-26(33)17-13-15-7-4-5-8-16(15)22(23(17)32)31-30-20-12-11-14(2)21(28)25(20)38(34,35)36/h4-13,32H,3H2,1-2H3,(H,29,33)(H,34,35,36). The van der Waals surface area contributed by atoms with Gasteiger partial charge in [0.2, 0.25) is 0 Å². The fraction of sp³-hybridized carbons (Fsp3) is 0.115. The molecule has 4 aromatic rings. The van der Waals surface area contributed by atoms with Gasteiger partial charge in [0.25, 0.3) is 16.0 Å². The Balaban J connectivity index is 1.84. The first-order chi connectivity index (χ1) is 18.0. The highest BCUT2D eigenvalue weighted by Crippen LogP contribution is 2.42. The van der Waals surface area contributed by atoms with Gasteiger partial charge in [-0.15, -0.1) is 10.2 Å². The Labute approximate surface area is 228 Å². The molecule has 1 amide bonds. The molecule has 12 heteroatoms. The summed E-state index contributed by atoms with van der Waals surface area (Å²) >= 11 is 12.3. The Kier molecular flexibility index (Phi) is 7.89. The summed E-state index contributed by atoms with van der Waals surface area (Å²) in [7, 11) is -4.75. The van der Waals surface area contributed by atoms with Crippen molar-refractivity contribution in [3.8, 4) is 11.5 Å². The monoisotopic (exact) mass is 573 g/mol. The van der Waals surface area contributed by atoms with Gasteiger partial charge in [0.05, 0.1) is 27.9 Å². The fourth-order valence-corrected chi connectivity index (χ4v) is 5.19. The number of halogens is 2. The molecule has 4 aromatic carbocycles. The molecule has 0 heterocycles. The molecule has 0 saturated carbocycles. The SMILES string of the molecule is CCOc1c(Cl)cccc1NC(=O)c1cc2ccccc2c(N=Nc2ccc(C)c(Cl)c2S(=O)(=O)O)c1O. The summed E-state index contributed by atoms with van der Waals surface area (Å²) in [6.07, 6.45) is 0. The minimum atomic E-state index is -4.75. The van der Waals surface area contributed by atoms with Crippen molar-refractivity contribution in [3.63, 3.8) is 0 Å². The Bertz CT molecular complexity index is 1710. The number of nitrogens with one attached hydrogen (secondary N) is 1. The van der Waals surface area contributed by atoms with E-state index < -0.39 is 26.7 Å². The molecule has 4 rings (SSSR count). The van der Waals surface area contributed by atoms with E-state index in [1.807, 2.05) is 0 Å². The molecule has 3 N–H and O–H groups in total. The van der Waals surface area contributed by atoms with Gasteiger partial charge < -0.3 is 15.2 Å². The van der Waals surface area contributed by atoms with Gasteiger partial charge in [0.15, 0.2) is 11.5 Å². The summed E-state index contributed by atoms with van der Waals surface area (Å²) in [5, 5.41) is 22.9. The van der Waals surface area contributed by atoms with E-state index >= 15 is 0 Å². The van der Waals surface area contributed by atoms with Crippen LogP contribution < -0.4 is 10.1 Å². The molecule has 0 aliphatic rings. The number of carbonyl (C=O) groups excluding carboxylic acids is 1. The summed E-state index contributed by atoms with van der Waals surface area (Å²) in [5.41, 5.74) is 0.228. The van der Waals surface area contributed by atoms with E-state index in [2.05, 4.69) is 15.5 Å². The van der Waals surface area contributed by atoms with Crippen LogP contribution in [0.2, 0.25) is 10.0 Å². The second-order valence-electron chi connectivity index (χ2n) is 8.07. The summed E-state index contributed by atoms with van der Waals surface area (Å²) in [5.74, 6) is -0.902. The van der Waals surface area contributed by atoms with Crippen LogP contribution in [-0.2, 0) is 10.1 Å². The number of phenolic OH excluding ortho intramolecular Hbond substituents is 1. The Morgan fingerprint density at radius 2 is 1.79 bits per heavy atom. The van der Waals surface area contributed by atoms with Gasteiger partial charge in [-0.1, -0.05) is 59.6 Å². The molecule has 0 aromatic heterocycles. The Morgan fingerprint density at radius 1 is 1.05 bits per heavy atom. The van der Waals surface area contributed by atoms with Crippen molar-refractivity contribution in [3.05, 3.63) is 81.8 Å². The molecule has 0 atom stereocenters. The second kappa shape index (κ2) is 11.0. The molecule has 0 radical (unpaired) electrons. The lowest BCUT2D eigenvalue weighted by Gasteiger charge is -2.14. The van der Waals surface area contributed by atoms with E-state index in [0.717, 1.165) is 0 Å². The van der Waals surface area contributed by atoms with Crippen LogP contribution in [0.25, 0.3) is 10.8 Å². The summed E-state index contributed by atoms with van der Waals surface area (Å²) in [6, 6.07) is 16.0. The highest BCUT2D eigenvalue weighted by Gasteiger charge is 2.23. The highest BCUT2D eigenvalue weighted by molar-refractivity contribution is 7.86. The molecule has 38 heavy (non-hydrogen) atoms. The van der Waals surface area contributed by atoms with Gasteiger partial charge in [-0.25, -0.2) is 0 Å². The number of rotatable bonds is 7. The average Bonchev–Trinajstić information content (AvgIpc) is 2.86. The Morgan fingerprint density at radius 3 is 2.50 bits per heavy atom. The van der Waals surface area contributed by atoms with Crippen molar-refractivity contribution in [2.24, 2.45) is 10.2 Å². The largest absolute Gasteiger partial charge is 0.505 e. The maximum atomic E-state index is 13.3. The molecule has 9 nitrogen and oxygen atoms in total. The molecule has 0 spiro atoms. The van der Waals surface area contributed by atoms with Gasteiger partial charge in [-0.2, -0.15) is 8.42 Å². The van der Waals surface area contributed by atoms with Crippen LogP contribution >= 0.6 is 23.2 Å². The molecule has 0 aliphatic heterocycles. The Hall–Kier alpha value is -3.70. The minimum Gasteiger partial charge on any atom is -0.505 e. The van der Waals surface area contributed by atoms with Crippen molar-refractivity contribution < 1.29 is 27.6 Å². The van der Waals surface area contributed by atoms with E-state index in [1.54, 1.807) is 56.3 Å². The first-order valence-electron chi connectivity index (χ1n) is 11.2. The van der Waals surface area contributed by atoms with Crippen LogP contribution in [0, 0.1) is 6.92 Å². The number of azo groups is 1. The van der Waals surface area contributed by atoms with Crippen LogP contribution in [0.3, 0.4) is 0 Å². The summed E-state index contributed by atoms with van der Waals surface area (Å²) in [6.45, 7) is 3.65. The van der Waals surface area contributed by atoms with Gasteiger partial charge in [-0.3, -0.25) is 9.35 Å². The number of anilines is 1.